The molecule has 2 aromatic heterocycles. The minimum absolute atomic E-state index is 0.0887. The van der Waals surface area contributed by atoms with Crippen molar-refractivity contribution in [2.24, 2.45) is 7.05 Å². The SMILES string of the molecule is CCC(=O)CC1COCc2c(-c3ccc4nnn(C)c4c3)cncc21. The molecule has 1 aliphatic rings. The number of ether oxygens (including phenoxy) is 1. The molecule has 0 spiro atoms. The number of carbonyl (C=O) groups excluding carboxylic acids is 1. The first-order valence-corrected chi connectivity index (χ1v) is 8.53. The van der Waals surface area contributed by atoms with Gasteiger partial charge in [-0.2, -0.15) is 0 Å². The first-order valence-electron chi connectivity index (χ1n) is 8.53. The molecule has 0 N–H and O–H groups in total. The van der Waals surface area contributed by atoms with E-state index >= 15 is 0 Å². The number of aryl methyl sites for hydroxylation is 1. The highest BCUT2D eigenvalue weighted by Crippen LogP contribution is 2.35. The molecule has 1 atom stereocenters. The molecule has 1 aromatic carbocycles. The fourth-order valence-corrected chi connectivity index (χ4v) is 3.44. The van der Waals surface area contributed by atoms with Crippen LogP contribution in [0, 0.1) is 0 Å². The first kappa shape index (κ1) is 15.9. The summed E-state index contributed by atoms with van der Waals surface area (Å²) in [6.07, 6.45) is 4.83. The van der Waals surface area contributed by atoms with Crippen LogP contribution in [-0.4, -0.2) is 32.4 Å². The first-order chi connectivity index (χ1) is 12.2. The van der Waals surface area contributed by atoms with Gasteiger partial charge in [-0.15, -0.1) is 5.10 Å². The lowest BCUT2D eigenvalue weighted by atomic mass is 9.86. The highest BCUT2D eigenvalue weighted by atomic mass is 16.5. The lowest BCUT2D eigenvalue weighted by Crippen LogP contribution is -2.20. The van der Waals surface area contributed by atoms with Crippen molar-refractivity contribution >= 4 is 16.8 Å². The molecular weight excluding hydrogens is 316 g/mol. The molecule has 0 bridgehead atoms. The zero-order valence-corrected chi connectivity index (χ0v) is 14.4. The summed E-state index contributed by atoms with van der Waals surface area (Å²) in [6.45, 7) is 3.03. The maximum absolute atomic E-state index is 11.9. The Morgan fingerprint density at radius 2 is 2.24 bits per heavy atom. The minimum Gasteiger partial charge on any atom is -0.376 e. The van der Waals surface area contributed by atoms with Crippen molar-refractivity contribution in [1.29, 1.82) is 0 Å². The third-order valence-corrected chi connectivity index (χ3v) is 4.89. The van der Waals surface area contributed by atoms with E-state index in [0.29, 0.717) is 26.1 Å². The predicted octanol–water partition coefficient (Wildman–Crippen LogP) is 3.01. The molecule has 128 valence electrons. The van der Waals surface area contributed by atoms with Crippen molar-refractivity contribution in [3.05, 3.63) is 41.7 Å². The molecule has 0 aliphatic carbocycles. The van der Waals surface area contributed by atoms with Crippen LogP contribution in [0.2, 0.25) is 0 Å². The maximum atomic E-state index is 11.9. The van der Waals surface area contributed by atoms with Gasteiger partial charge in [0, 0.05) is 43.8 Å². The van der Waals surface area contributed by atoms with Crippen LogP contribution < -0.4 is 0 Å². The zero-order valence-electron chi connectivity index (χ0n) is 14.4. The summed E-state index contributed by atoms with van der Waals surface area (Å²) in [6, 6.07) is 6.08. The monoisotopic (exact) mass is 336 g/mol. The van der Waals surface area contributed by atoms with Gasteiger partial charge in [-0.1, -0.05) is 18.2 Å². The molecule has 0 saturated carbocycles. The molecule has 6 nitrogen and oxygen atoms in total. The van der Waals surface area contributed by atoms with Gasteiger partial charge in [0.15, 0.2) is 0 Å². The summed E-state index contributed by atoms with van der Waals surface area (Å²) in [4.78, 5) is 16.3. The van der Waals surface area contributed by atoms with Gasteiger partial charge in [0.1, 0.15) is 11.3 Å². The Kier molecular flexibility index (Phi) is 4.05. The van der Waals surface area contributed by atoms with Crippen molar-refractivity contribution in [3.8, 4) is 11.1 Å². The Morgan fingerprint density at radius 1 is 1.36 bits per heavy atom. The molecule has 0 amide bonds. The fraction of sp³-hybridized carbons (Fsp3) is 0.368. The maximum Gasteiger partial charge on any atom is 0.133 e. The van der Waals surface area contributed by atoms with Crippen LogP contribution >= 0.6 is 0 Å². The second kappa shape index (κ2) is 6.37. The summed E-state index contributed by atoms with van der Waals surface area (Å²) in [5.74, 6) is 0.347. The summed E-state index contributed by atoms with van der Waals surface area (Å²) >= 11 is 0. The third-order valence-electron chi connectivity index (χ3n) is 4.89. The van der Waals surface area contributed by atoms with Crippen molar-refractivity contribution in [1.82, 2.24) is 20.0 Å². The average molecular weight is 336 g/mol. The molecule has 1 unspecified atom stereocenters. The quantitative estimate of drug-likeness (QED) is 0.732. The van der Waals surface area contributed by atoms with Crippen LogP contribution in [-0.2, 0) is 23.2 Å². The normalized spacial score (nSPS) is 16.8. The topological polar surface area (TPSA) is 69.9 Å². The molecule has 6 heteroatoms. The van der Waals surface area contributed by atoms with Crippen molar-refractivity contribution < 1.29 is 9.53 Å². The Balaban J connectivity index is 1.79. The van der Waals surface area contributed by atoms with E-state index in [2.05, 4.69) is 21.4 Å². The number of Topliss-reactive ketones (excluding diaryl/α,β-unsaturated/α-hetero) is 1. The lowest BCUT2D eigenvalue weighted by molar-refractivity contribution is -0.119. The van der Waals surface area contributed by atoms with E-state index in [4.69, 9.17) is 4.74 Å². The predicted molar refractivity (Wildman–Crippen MR) is 94.1 cm³/mol. The molecule has 0 fully saturated rings. The number of nitrogens with zero attached hydrogens (tertiary/aromatic N) is 4. The molecular formula is C19H20N4O2. The van der Waals surface area contributed by atoms with E-state index in [1.807, 2.05) is 38.5 Å². The lowest BCUT2D eigenvalue weighted by Gasteiger charge is -2.26. The number of benzene rings is 1. The van der Waals surface area contributed by atoms with Crippen LogP contribution in [0.5, 0.6) is 0 Å². The Bertz CT molecular complexity index is 948. The zero-order chi connectivity index (χ0) is 17.4. The molecule has 4 rings (SSSR count). The van der Waals surface area contributed by atoms with Crippen LogP contribution in [0.4, 0.5) is 0 Å². The highest BCUT2D eigenvalue weighted by Gasteiger charge is 2.25. The Morgan fingerprint density at radius 3 is 3.08 bits per heavy atom. The van der Waals surface area contributed by atoms with E-state index < -0.39 is 0 Å². The second-order valence-corrected chi connectivity index (χ2v) is 6.48. The van der Waals surface area contributed by atoms with Crippen molar-refractivity contribution in [3.63, 3.8) is 0 Å². The number of hydrogen-bond acceptors (Lipinski definition) is 5. The standard InChI is InChI=1S/C19H20N4O2/c1-3-14(24)6-13-10-25-11-17-15(8-20-9-16(13)17)12-4-5-18-19(7-12)23(2)22-21-18/h4-5,7-9,13H,3,6,10-11H2,1-2H3. The summed E-state index contributed by atoms with van der Waals surface area (Å²) in [5.41, 5.74) is 6.22. The molecule has 25 heavy (non-hydrogen) atoms. The van der Waals surface area contributed by atoms with Gasteiger partial charge in [0.2, 0.25) is 0 Å². The van der Waals surface area contributed by atoms with Crippen LogP contribution in [0.3, 0.4) is 0 Å². The van der Waals surface area contributed by atoms with Gasteiger partial charge in [0.25, 0.3) is 0 Å². The number of aromatic nitrogens is 4. The number of fused-ring (bicyclic) bond motifs is 2. The van der Waals surface area contributed by atoms with Gasteiger partial charge in [0.05, 0.1) is 18.7 Å². The minimum atomic E-state index is 0.0887. The highest BCUT2D eigenvalue weighted by molar-refractivity contribution is 5.83. The van der Waals surface area contributed by atoms with Crippen LogP contribution in [0.15, 0.2) is 30.6 Å². The third kappa shape index (κ3) is 2.82. The summed E-state index contributed by atoms with van der Waals surface area (Å²) < 4.78 is 7.57. The fourth-order valence-electron chi connectivity index (χ4n) is 3.44. The number of ketones is 1. The Hall–Kier alpha value is -2.60. The Labute approximate surface area is 145 Å². The largest absolute Gasteiger partial charge is 0.376 e. The molecule has 3 aromatic rings. The van der Waals surface area contributed by atoms with E-state index in [1.165, 1.54) is 0 Å². The van der Waals surface area contributed by atoms with E-state index in [9.17, 15) is 4.79 Å². The van der Waals surface area contributed by atoms with Crippen molar-refractivity contribution in [2.45, 2.75) is 32.3 Å². The molecule has 1 aliphatic heterocycles. The smallest absolute Gasteiger partial charge is 0.133 e. The summed E-state index contributed by atoms with van der Waals surface area (Å²) in [7, 11) is 1.88. The van der Waals surface area contributed by atoms with E-state index in [-0.39, 0.29) is 11.7 Å². The molecule has 3 heterocycles. The van der Waals surface area contributed by atoms with Crippen LogP contribution in [0.1, 0.15) is 36.8 Å². The summed E-state index contributed by atoms with van der Waals surface area (Å²) in [5, 5.41) is 8.19. The van der Waals surface area contributed by atoms with Gasteiger partial charge < -0.3 is 4.74 Å². The number of hydrogen-bond donors (Lipinski definition) is 0. The van der Waals surface area contributed by atoms with E-state index in [1.54, 1.807) is 4.68 Å². The number of pyridine rings is 1. The van der Waals surface area contributed by atoms with E-state index in [0.717, 1.165) is 33.3 Å². The molecule has 0 saturated heterocycles. The van der Waals surface area contributed by atoms with Gasteiger partial charge in [-0.25, -0.2) is 4.68 Å². The van der Waals surface area contributed by atoms with Gasteiger partial charge >= 0.3 is 0 Å². The average Bonchev–Trinajstić information content (AvgIpc) is 3.02. The molecule has 0 radical (unpaired) electrons. The second-order valence-electron chi connectivity index (χ2n) is 6.48. The van der Waals surface area contributed by atoms with Gasteiger partial charge in [-0.05, 0) is 28.8 Å². The number of carbonyl (C=O) groups is 1. The number of rotatable bonds is 4. The van der Waals surface area contributed by atoms with Gasteiger partial charge in [-0.3, -0.25) is 9.78 Å². The van der Waals surface area contributed by atoms with Crippen molar-refractivity contribution in [2.75, 3.05) is 6.61 Å². The van der Waals surface area contributed by atoms with Crippen LogP contribution in [0.25, 0.3) is 22.2 Å².